The lowest BCUT2D eigenvalue weighted by Gasteiger charge is -2.50. The van der Waals surface area contributed by atoms with Crippen LogP contribution in [0.5, 0.6) is 0 Å². The molecule has 3 saturated heterocycles. The van der Waals surface area contributed by atoms with Gasteiger partial charge in [-0.3, -0.25) is 9.69 Å². The first-order chi connectivity index (χ1) is 10.1. The van der Waals surface area contributed by atoms with Crippen LogP contribution in [-0.4, -0.2) is 61.1 Å². The number of hydrogen-bond acceptors (Lipinski definition) is 2. The normalized spacial score (nSPS) is 27.6. The molecule has 1 N–H and O–H groups in total. The highest BCUT2D eigenvalue weighted by Gasteiger charge is 2.39. The number of aryl methyl sites for hydroxylation is 2. The molecular formula is C17H26N3O+. The zero-order valence-corrected chi connectivity index (χ0v) is 13.2. The van der Waals surface area contributed by atoms with Gasteiger partial charge in [0.25, 0.3) is 5.91 Å². The number of quaternary nitrogens is 1. The van der Waals surface area contributed by atoms with Gasteiger partial charge in [-0.05, 0) is 24.5 Å². The van der Waals surface area contributed by atoms with E-state index in [1.54, 1.807) is 0 Å². The van der Waals surface area contributed by atoms with Gasteiger partial charge in [-0.25, -0.2) is 0 Å². The maximum absolute atomic E-state index is 12.5. The Hall–Kier alpha value is -1.39. The summed E-state index contributed by atoms with van der Waals surface area (Å²) >= 11 is 0. The summed E-state index contributed by atoms with van der Waals surface area (Å²) in [5, 5.41) is 3.19. The molecule has 0 atom stereocenters. The van der Waals surface area contributed by atoms with E-state index in [0.717, 1.165) is 61.4 Å². The van der Waals surface area contributed by atoms with Crippen molar-refractivity contribution >= 4 is 11.6 Å². The molecule has 1 aromatic carbocycles. The second-order valence-corrected chi connectivity index (χ2v) is 6.52. The van der Waals surface area contributed by atoms with Crippen molar-refractivity contribution in [3.8, 4) is 0 Å². The van der Waals surface area contributed by atoms with Crippen LogP contribution in [0, 0.1) is 6.92 Å². The summed E-state index contributed by atoms with van der Waals surface area (Å²) in [5.41, 5.74) is 3.41. The first-order valence-corrected chi connectivity index (χ1v) is 8.08. The molecule has 0 aliphatic carbocycles. The molecule has 3 fully saturated rings. The van der Waals surface area contributed by atoms with Crippen molar-refractivity contribution in [2.45, 2.75) is 20.3 Å². The largest absolute Gasteiger partial charge is 0.321 e. The molecule has 4 heteroatoms. The van der Waals surface area contributed by atoms with Crippen LogP contribution in [0.1, 0.15) is 18.1 Å². The van der Waals surface area contributed by atoms with Crippen LogP contribution in [-0.2, 0) is 11.2 Å². The average Bonchev–Trinajstić information content (AvgIpc) is 2.50. The highest BCUT2D eigenvalue weighted by atomic mass is 16.2. The zero-order valence-electron chi connectivity index (χ0n) is 13.2. The second-order valence-electron chi connectivity index (χ2n) is 6.52. The van der Waals surface area contributed by atoms with Gasteiger partial charge in [0.1, 0.15) is 0 Å². The number of rotatable bonds is 4. The number of carbonyl (C=O) groups is 1. The molecular weight excluding hydrogens is 262 g/mol. The number of hydrogen-bond donors (Lipinski definition) is 1. The summed E-state index contributed by atoms with van der Waals surface area (Å²) in [6.45, 7) is 11.7. The van der Waals surface area contributed by atoms with E-state index in [9.17, 15) is 4.79 Å². The Labute approximate surface area is 127 Å². The van der Waals surface area contributed by atoms with Crippen molar-refractivity contribution in [1.82, 2.24) is 4.90 Å². The quantitative estimate of drug-likeness (QED) is 0.854. The van der Waals surface area contributed by atoms with Crippen molar-refractivity contribution in [2.75, 3.05) is 51.1 Å². The van der Waals surface area contributed by atoms with Gasteiger partial charge in [-0.2, -0.15) is 0 Å². The fourth-order valence-electron chi connectivity index (χ4n) is 3.65. The van der Waals surface area contributed by atoms with Gasteiger partial charge >= 0.3 is 0 Å². The summed E-state index contributed by atoms with van der Waals surface area (Å²) in [6, 6.07) is 6.24. The molecule has 4 rings (SSSR count). The molecule has 0 unspecified atom stereocenters. The highest BCUT2D eigenvalue weighted by molar-refractivity contribution is 5.93. The maximum atomic E-state index is 12.5. The van der Waals surface area contributed by atoms with Crippen LogP contribution in [0.3, 0.4) is 0 Å². The summed E-state index contributed by atoms with van der Waals surface area (Å²) in [4.78, 5) is 15.1. The van der Waals surface area contributed by atoms with E-state index < -0.39 is 0 Å². The first kappa shape index (κ1) is 14.5. The number of anilines is 1. The van der Waals surface area contributed by atoms with Crippen LogP contribution < -0.4 is 5.32 Å². The fourth-order valence-corrected chi connectivity index (χ4v) is 3.65. The number of benzene rings is 1. The molecule has 114 valence electrons. The van der Waals surface area contributed by atoms with Crippen molar-refractivity contribution in [2.24, 2.45) is 0 Å². The number of piperazine rings is 3. The van der Waals surface area contributed by atoms with Gasteiger partial charge in [0.05, 0.1) is 19.6 Å². The van der Waals surface area contributed by atoms with Crippen LogP contribution in [0.15, 0.2) is 18.2 Å². The van der Waals surface area contributed by atoms with E-state index in [2.05, 4.69) is 42.3 Å². The first-order valence-electron chi connectivity index (χ1n) is 8.08. The molecule has 3 aliphatic rings. The van der Waals surface area contributed by atoms with Crippen molar-refractivity contribution in [1.29, 1.82) is 0 Å². The summed E-state index contributed by atoms with van der Waals surface area (Å²) in [7, 11) is 0. The molecule has 0 radical (unpaired) electrons. The predicted molar refractivity (Wildman–Crippen MR) is 85.4 cm³/mol. The molecule has 4 nitrogen and oxygen atoms in total. The Bertz CT molecular complexity index is 519. The molecule has 0 saturated carbocycles. The lowest BCUT2D eigenvalue weighted by atomic mass is 10.1. The van der Waals surface area contributed by atoms with Gasteiger partial charge in [-0.15, -0.1) is 0 Å². The minimum absolute atomic E-state index is 0.175. The van der Waals surface area contributed by atoms with Crippen LogP contribution in [0.2, 0.25) is 0 Å². The highest BCUT2D eigenvalue weighted by Crippen LogP contribution is 2.23. The van der Waals surface area contributed by atoms with Crippen LogP contribution >= 0.6 is 0 Å². The van der Waals surface area contributed by atoms with Crippen molar-refractivity contribution in [3.05, 3.63) is 29.3 Å². The monoisotopic (exact) mass is 288 g/mol. The molecule has 1 aromatic rings. The molecule has 0 aromatic heterocycles. The van der Waals surface area contributed by atoms with Crippen molar-refractivity contribution < 1.29 is 9.28 Å². The predicted octanol–water partition coefficient (Wildman–Crippen LogP) is 1.64. The van der Waals surface area contributed by atoms with E-state index in [-0.39, 0.29) is 5.91 Å². The smallest absolute Gasteiger partial charge is 0.279 e. The molecule has 0 spiro atoms. The number of carbonyl (C=O) groups excluding carboxylic acids is 1. The van der Waals surface area contributed by atoms with Gasteiger partial charge < -0.3 is 9.80 Å². The molecule has 3 aliphatic heterocycles. The van der Waals surface area contributed by atoms with Gasteiger partial charge in [0.2, 0.25) is 0 Å². The minimum atomic E-state index is 0.175. The number of nitrogens with zero attached hydrogens (tertiary/aromatic N) is 2. The lowest BCUT2D eigenvalue weighted by Crippen LogP contribution is -2.68. The fraction of sp³-hybridized carbons (Fsp3) is 0.588. The molecule has 21 heavy (non-hydrogen) atoms. The SMILES string of the molecule is CCc1cccc(C)c1NC(=O)C[N+]12CCN(CC1)CC2. The Kier molecular flexibility index (Phi) is 4.00. The summed E-state index contributed by atoms with van der Waals surface area (Å²) < 4.78 is 0.982. The van der Waals surface area contributed by atoms with Gasteiger partial charge in [0, 0.05) is 25.3 Å². The molecule has 3 heterocycles. The third-order valence-electron chi connectivity index (χ3n) is 5.16. The third kappa shape index (κ3) is 2.97. The minimum Gasteiger partial charge on any atom is -0.321 e. The topological polar surface area (TPSA) is 32.3 Å². The van der Waals surface area contributed by atoms with E-state index in [1.807, 2.05) is 0 Å². The van der Waals surface area contributed by atoms with Crippen LogP contribution in [0.25, 0.3) is 0 Å². The summed E-state index contributed by atoms with van der Waals surface area (Å²) in [6.07, 6.45) is 0.951. The Morgan fingerprint density at radius 1 is 1.24 bits per heavy atom. The van der Waals surface area contributed by atoms with Gasteiger partial charge in [-0.1, -0.05) is 25.1 Å². The van der Waals surface area contributed by atoms with Crippen molar-refractivity contribution in [3.63, 3.8) is 0 Å². The number of fused-ring (bicyclic) bond motifs is 3. The van der Waals surface area contributed by atoms with Crippen LogP contribution in [0.4, 0.5) is 5.69 Å². The third-order valence-corrected chi connectivity index (χ3v) is 5.16. The second kappa shape index (κ2) is 5.78. The average molecular weight is 288 g/mol. The lowest BCUT2D eigenvalue weighted by molar-refractivity contribution is -0.933. The van der Waals surface area contributed by atoms with Gasteiger partial charge in [0.15, 0.2) is 6.54 Å². The number of nitrogens with one attached hydrogen (secondary N) is 1. The number of amides is 1. The maximum Gasteiger partial charge on any atom is 0.279 e. The van der Waals surface area contributed by atoms with E-state index in [4.69, 9.17) is 0 Å². The van der Waals surface area contributed by atoms with E-state index >= 15 is 0 Å². The Balaban J connectivity index is 1.69. The number of para-hydroxylation sites is 1. The molecule has 1 amide bonds. The zero-order chi connectivity index (χ0) is 14.9. The Morgan fingerprint density at radius 3 is 2.52 bits per heavy atom. The standard InChI is InChI=1S/C17H25N3O/c1-3-15-6-4-5-14(2)17(15)18-16(21)13-20-10-7-19(8-11-20)9-12-20/h4-6H,3,7-13H2,1-2H3/p+1. The molecule has 2 bridgehead atoms. The van der Waals surface area contributed by atoms with E-state index in [0.29, 0.717) is 6.54 Å². The van der Waals surface area contributed by atoms with E-state index in [1.165, 1.54) is 5.56 Å². The summed E-state index contributed by atoms with van der Waals surface area (Å²) in [5.74, 6) is 0.175. The Morgan fingerprint density at radius 2 is 1.90 bits per heavy atom.